The molecule has 0 unspecified atom stereocenters. The molecule has 5 rings (SSSR count). The minimum atomic E-state index is -5.07. The van der Waals surface area contributed by atoms with E-state index in [-0.39, 0.29) is 48.9 Å². The van der Waals surface area contributed by atoms with Gasteiger partial charge >= 0.3 is 17.8 Å². The highest BCUT2D eigenvalue weighted by atomic mass is 79.9. The lowest BCUT2D eigenvalue weighted by Gasteiger charge is -2.26. The quantitative estimate of drug-likeness (QED) is 0.108. The van der Waals surface area contributed by atoms with Crippen LogP contribution in [0.5, 0.6) is 5.75 Å². The molecule has 2 heterocycles. The van der Waals surface area contributed by atoms with Gasteiger partial charge in [-0.25, -0.2) is 9.79 Å². The van der Waals surface area contributed by atoms with Crippen LogP contribution in [0.2, 0.25) is 5.02 Å². The molecule has 1 aliphatic rings. The first-order chi connectivity index (χ1) is 21.8. The van der Waals surface area contributed by atoms with E-state index in [1.165, 1.54) is 49.4 Å². The van der Waals surface area contributed by atoms with Crippen LogP contribution in [0.25, 0.3) is 6.08 Å². The van der Waals surface area contributed by atoms with Gasteiger partial charge in [0, 0.05) is 15.6 Å². The molecule has 0 aliphatic carbocycles. The van der Waals surface area contributed by atoms with Crippen molar-refractivity contribution in [3.63, 3.8) is 0 Å². The number of nitrogens with zero attached hydrogens (tertiary/aromatic N) is 3. The van der Waals surface area contributed by atoms with Gasteiger partial charge < -0.3 is 9.47 Å². The summed E-state index contributed by atoms with van der Waals surface area (Å²) < 4.78 is 55.7. The van der Waals surface area contributed by atoms with Crippen LogP contribution in [0.15, 0.2) is 90.7 Å². The van der Waals surface area contributed by atoms with E-state index in [0.29, 0.717) is 11.3 Å². The molecule has 0 amide bonds. The number of nitro groups is 1. The summed E-state index contributed by atoms with van der Waals surface area (Å²) in [4.78, 5) is 41.5. The van der Waals surface area contributed by atoms with Crippen molar-refractivity contribution in [3.8, 4) is 5.75 Å². The number of hydrogen-bond donors (Lipinski definition) is 0. The summed E-state index contributed by atoms with van der Waals surface area (Å²) in [5.74, 6) is -1.34. The second-order valence-electron chi connectivity index (χ2n) is 9.64. The monoisotopic (exact) mass is 799 g/mol. The predicted octanol–water partition coefficient (Wildman–Crippen LogP) is 7.01. The Kier molecular flexibility index (Phi) is 9.86. The first-order valence-electron chi connectivity index (χ1n) is 13.2. The van der Waals surface area contributed by atoms with Crippen molar-refractivity contribution in [1.82, 2.24) is 4.57 Å². The van der Waals surface area contributed by atoms with Gasteiger partial charge in [-0.3, -0.25) is 19.5 Å². The Bertz CT molecular complexity index is 2060. The number of halogens is 6. The number of carbonyl (C=O) groups excluding carboxylic acids is 1. The van der Waals surface area contributed by atoms with Crippen LogP contribution >= 0.6 is 54.8 Å². The SMILES string of the molecule is CCOC(=O)C1=C(C(F)(F)F)N=c2s/c(=C\c3cc(Br)c(OCc4ccc(Br)cc4)c([N+](=O)[O-])c3)c(=O)n2[C@H]1c1ccc(Cl)cc1. The van der Waals surface area contributed by atoms with Crippen molar-refractivity contribution in [1.29, 1.82) is 0 Å². The molecule has 0 bridgehead atoms. The lowest BCUT2D eigenvalue weighted by molar-refractivity contribution is -0.386. The molecule has 16 heteroatoms. The van der Waals surface area contributed by atoms with Gasteiger partial charge in [0.05, 0.1) is 32.2 Å². The smallest absolute Gasteiger partial charge is 0.434 e. The van der Waals surface area contributed by atoms with Crippen molar-refractivity contribution >= 4 is 72.5 Å². The zero-order valence-electron chi connectivity index (χ0n) is 23.3. The number of ether oxygens (including phenoxy) is 2. The number of alkyl halides is 3. The summed E-state index contributed by atoms with van der Waals surface area (Å²) in [5, 5.41) is 12.3. The Balaban J connectivity index is 1.66. The van der Waals surface area contributed by atoms with Gasteiger partial charge in [0.2, 0.25) is 5.75 Å². The van der Waals surface area contributed by atoms with Crippen LogP contribution < -0.4 is 19.6 Å². The fraction of sp³-hybridized carbons (Fsp3) is 0.167. The highest BCUT2D eigenvalue weighted by Crippen LogP contribution is 2.39. The number of allylic oxidation sites excluding steroid dienone is 1. The number of fused-ring (bicyclic) bond motifs is 1. The van der Waals surface area contributed by atoms with E-state index in [0.717, 1.165) is 14.6 Å². The van der Waals surface area contributed by atoms with E-state index < -0.39 is 45.6 Å². The van der Waals surface area contributed by atoms with Gasteiger partial charge in [-0.15, -0.1) is 0 Å². The second kappa shape index (κ2) is 13.5. The lowest BCUT2D eigenvalue weighted by atomic mass is 9.95. The molecule has 1 aromatic heterocycles. The Morgan fingerprint density at radius 3 is 2.43 bits per heavy atom. The van der Waals surface area contributed by atoms with Crippen molar-refractivity contribution in [3.05, 3.63) is 132 Å². The maximum atomic E-state index is 14.3. The van der Waals surface area contributed by atoms with Crippen LogP contribution in [-0.4, -0.2) is 28.2 Å². The number of nitro benzene ring substituents is 1. The topological polar surface area (TPSA) is 113 Å². The Labute approximate surface area is 283 Å². The Morgan fingerprint density at radius 1 is 1.15 bits per heavy atom. The average molecular weight is 802 g/mol. The molecule has 0 N–H and O–H groups in total. The highest BCUT2D eigenvalue weighted by molar-refractivity contribution is 9.10. The number of esters is 1. The van der Waals surface area contributed by atoms with Crippen LogP contribution in [-0.2, 0) is 16.1 Å². The number of carbonyl (C=O) groups is 1. The summed E-state index contributed by atoms with van der Waals surface area (Å²) in [5.41, 5.74) is -2.45. The molecule has 1 atom stereocenters. The largest absolute Gasteiger partial charge is 0.481 e. The predicted molar refractivity (Wildman–Crippen MR) is 172 cm³/mol. The van der Waals surface area contributed by atoms with E-state index in [1.807, 2.05) is 0 Å². The van der Waals surface area contributed by atoms with Crippen LogP contribution in [0.3, 0.4) is 0 Å². The minimum Gasteiger partial charge on any atom is -0.481 e. The lowest BCUT2D eigenvalue weighted by Crippen LogP contribution is -2.41. The molecule has 3 aromatic carbocycles. The molecule has 9 nitrogen and oxygen atoms in total. The zero-order valence-corrected chi connectivity index (χ0v) is 28.1. The second-order valence-corrected chi connectivity index (χ2v) is 12.9. The van der Waals surface area contributed by atoms with Gasteiger partial charge in [0.25, 0.3) is 5.56 Å². The van der Waals surface area contributed by atoms with E-state index in [2.05, 4.69) is 36.9 Å². The molecule has 0 spiro atoms. The number of benzene rings is 3. The van der Waals surface area contributed by atoms with Crippen molar-refractivity contribution in [2.24, 2.45) is 4.99 Å². The summed E-state index contributed by atoms with van der Waals surface area (Å²) in [7, 11) is 0. The van der Waals surface area contributed by atoms with Gasteiger partial charge in [-0.05, 0) is 76.0 Å². The maximum Gasteiger partial charge on any atom is 0.434 e. The molecular formula is C30H19Br2ClF3N3O6S. The molecule has 1 aliphatic heterocycles. The standard InChI is InChI=1S/C30H19Br2ClF3N3O6S/c1-2-44-28(41)23-24(17-5-9-19(33)10-6-17)38-27(40)22(46-29(38)37-26(23)30(34,35)36)13-16-11-20(32)25(21(12-16)39(42)43)45-14-15-3-7-18(31)8-4-15/h3-13,24H,2,14H2,1H3/b22-13-/t24-/m0/s1. The van der Waals surface area contributed by atoms with Gasteiger partial charge in [0.15, 0.2) is 10.5 Å². The molecule has 4 aromatic rings. The fourth-order valence-corrected chi connectivity index (χ4v) is 6.62. The number of hydrogen-bond acceptors (Lipinski definition) is 8. The third-order valence-electron chi connectivity index (χ3n) is 6.62. The van der Waals surface area contributed by atoms with Crippen LogP contribution in [0, 0.1) is 10.1 Å². The van der Waals surface area contributed by atoms with Crippen molar-refractivity contribution < 1.29 is 32.4 Å². The fourth-order valence-electron chi connectivity index (χ4n) is 4.65. The summed E-state index contributed by atoms with van der Waals surface area (Å²) in [6, 6.07) is 13.9. The Hall–Kier alpha value is -3.79. The van der Waals surface area contributed by atoms with Crippen molar-refractivity contribution in [2.45, 2.75) is 25.7 Å². The molecule has 0 radical (unpaired) electrons. The molecule has 0 saturated heterocycles. The first-order valence-corrected chi connectivity index (χ1v) is 16.0. The van der Waals surface area contributed by atoms with Crippen LogP contribution in [0.1, 0.15) is 29.7 Å². The normalized spacial score (nSPS) is 14.9. The van der Waals surface area contributed by atoms with E-state index in [1.54, 1.807) is 24.3 Å². The Morgan fingerprint density at radius 2 is 1.83 bits per heavy atom. The van der Waals surface area contributed by atoms with E-state index in [9.17, 15) is 32.9 Å². The maximum absolute atomic E-state index is 14.3. The average Bonchev–Trinajstić information content (AvgIpc) is 3.30. The number of rotatable bonds is 8. The third kappa shape index (κ3) is 6.97. The van der Waals surface area contributed by atoms with Gasteiger partial charge in [0.1, 0.15) is 6.61 Å². The summed E-state index contributed by atoms with van der Waals surface area (Å²) in [6.07, 6.45) is -3.78. The molecule has 46 heavy (non-hydrogen) atoms. The first kappa shape index (κ1) is 33.6. The third-order valence-corrected chi connectivity index (χ3v) is 8.97. The van der Waals surface area contributed by atoms with Gasteiger partial charge in [-0.2, -0.15) is 13.2 Å². The van der Waals surface area contributed by atoms with E-state index >= 15 is 0 Å². The number of thiazole rings is 1. The van der Waals surface area contributed by atoms with Crippen molar-refractivity contribution in [2.75, 3.05) is 6.61 Å². The highest BCUT2D eigenvalue weighted by Gasteiger charge is 2.45. The zero-order chi connectivity index (χ0) is 33.3. The molecule has 0 fully saturated rings. The summed E-state index contributed by atoms with van der Waals surface area (Å²) >= 11 is 13.3. The van der Waals surface area contributed by atoms with Crippen LogP contribution in [0.4, 0.5) is 18.9 Å². The number of aromatic nitrogens is 1. The molecular weight excluding hydrogens is 783 g/mol. The van der Waals surface area contributed by atoms with Gasteiger partial charge in [-0.1, -0.05) is 63.1 Å². The minimum absolute atomic E-state index is 0.0275. The summed E-state index contributed by atoms with van der Waals surface area (Å²) in [6.45, 7) is 1.24. The van der Waals surface area contributed by atoms with E-state index in [4.69, 9.17) is 21.1 Å². The molecule has 0 saturated carbocycles. The molecule has 238 valence electrons.